The molecule has 1 N–H and O–H groups in total. The van der Waals surface area contributed by atoms with Crippen molar-refractivity contribution in [1.29, 1.82) is 0 Å². The molecule has 1 aliphatic heterocycles. The summed E-state index contributed by atoms with van der Waals surface area (Å²) in [5.41, 5.74) is 1.15. The Kier molecular flexibility index (Phi) is 7.43. The Morgan fingerprint density at radius 3 is 2.95 bits per heavy atom. The molecule has 2 rings (SSSR count). The lowest BCUT2D eigenvalue weighted by Crippen LogP contribution is -2.27. The second kappa shape index (κ2) is 9.92. The first-order valence-electron chi connectivity index (χ1n) is 7.65. The molecule has 1 aliphatic rings. The number of carbonyl (C=O) groups is 1. The summed E-state index contributed by atoms with van der Waals surface area (Å²) in [6, 6.07) is 10.0. The number of hydrogen-bond acceptors (Lipinski definition) is 3. The van der Waals surface area contributed by atoms with E-state index in [2.05, 4.69) is 5.32 Å². The van der Waals surface area contributed by atoms with Crippen LogP contribution in [0.15, 0.2) is 54.6 Å². The number of allylic oxidation sites excluding steroid dienone is 2. The van der Waals surface area contributed by atoms with Gasteiger partial charge in [0.05, 0.1) is 19.8 Å². The second-order valence-electron chi connectivity index (χ2n) is 5.26. The minimum Gasteiger partial charge on any atom is -0.381 e. The maximum atomic E-state index is 11.6. The second-order valence-corrected chi connectivity index (χ2v) is 5.26. The van der Waals surface area contributed by atoms with E-state index in [1.807, 2.05) is 42.5 Å². The topological polar surface area (TPSA) is 47.6 Å². The third-order valence-corrected chi connectivity index (χ3v) is 3.41. The Labute approximate surface area is 131 Å². The van der Waals surface area contributed by atoms with Crippen LogP contribution in [0.2, 0.25) is 0 Å². The molecule has 4 nitrogen and oxygen atoms in total. The van der Waals surface area contributed by atoms with E-state index in [9.17, 15) is 4.79 Å². The van der Waals surface area contributed by atoms with Crippen LogP contribution in [0.3, 0.4) is 0 Å². The Balaban J connectivity index is 1.53. The van der Waals surface area contributed by atoms with Crippen molar-refractivity contribution in [2.24, 2.45) is 5.92 Å². The summed E-state index contributed by atoms with van der Waals surface area (Å²) in [5.74, 6) is 0.390. The van der Waals surface area contributed by atoms with Gasteiger partial charge in [-0.15, -0.1) is 0 Å². The number of carbonyl (C=O) groups excluding carboxylic acids is 1. The molecule has 1 fully saturated rings. The molecule has 1 heterocycles. The molecule has 0 saturated carbocycles. The lowest BCUT2D eigenvalue weighted by molar-refractivity contribution is -0.116. The SMILES string of the molecule is O=C(/C=C/C=C/COCc1ccccc1)NCC1CCOC1. The van der Waals surface area contributed by atoms with Gasteiger partial charge < -0.3 is 14.8 Å². The molecule has 1 amide bonds. The number of amides is 1. The van der Waals surface area contributed by atoms with Crippen molar-refractivity contribution in [3.8, 4) is 0 Å². The Hall–Kier alpha value is -1.91. The highest BCUT2D eigenvalue weighted by Gasteiger charge is 2.15. The molecule has 0 bridgehead atoms. The van der Waals surface area contributed by atoms with Crippen LogP contribution in [-0.2, 0) is 20.9 Å². The van der Waals surface area contributed by atoms with Crippen LogP contribution in [0.4, 0.5) is 0 Å². The summed E-state index contributed by atoms with van der Waals surface area (Å²) in [6.45, 7) is 3.37. The zero-order valence-electron chi connectivity index (χ0n) is 12.7. The molecule has 0 spiro atoms. The van der Waals surface area contributed by atoms with Crippen LogP contribution in [0.25, 0.3) is 0 Å². The highest BCUT2D eigenvalue weighted by molar-refractivity contribution is 5.87. The van der Waals surface area contributed by atoms with Crippen LogP contribution in [0.5, 0.6) is 0 Å². The van der Waals surface area contributed by atoms with Crippen molar-refractivity contribution in [2.45, 2.75) is 13.0 Å². The molecule has 1 aromatic rings. The molecule has 22 heavy (non-hydrogen) atoms. The van der Waals surface area contributed by atoms with E-state index < -0.39 is 0 Å². The minimum atomic E-state index is -0.0678. The highest BCUT2D eigenvalue weighted by atomic mass is 16.5. The van der Waals surface area contributed by atoms with Gasteiger partial charge in [0.1, 0.15) is 0 Å². The van der Waals surface area contributed by atoms with Crippen molar-refractivity contribution in [3.05, 3.63) is 60.2 Å². The lowest BCUT2D eigenvalue weighted by atomic mass is 10.1. The fraction of sp³-hybridized carbons (Fsp3) is 0.389. The summed E-state index contributed by atoms with van der Waals surface area (Å²) >= 11 is 0. The number of ether oxygens (including phenoxy) is 2. The van der Waals surface area contributed by atoms with Crippen molar-refractivity contribution in [3.63, 3.8) is 0 Å². The summed E-state index contributed by atoms with van der Waals surface area (Å²) < 4.78 is 10.8. The predicted octanol–water partition coefficient (Wildman–Crippen LogP) is 2.47. The smallest absolute Gasteiger partial charge is 0.243 e. The third kappa shape index (κ3) is 6.70. The van der Waals surface area contributed by atoms with Crippen LogP contribution in [-0.4, -0.2) is 32.3 Å². The van der Waals surface area contributed by atoms with Crippen molar-refractivity contribution in [1.82, 2.24) is 5.32 Å². The van der Waals surface area contributed by atoms with Crippen molar-refractivity contribution >= 4 is 5.91 Å². The van der Waals surface area contributed by atoms with Gasteiger partial charge in [-0.3, -0.25) is 4.79 Å². The van der Waals surface area contributed by atoms with Gasteiger partial charge in [0, 0.05) is 25.1 Å². The van der Waals surface area contributed by atoms with Crippen LogP contribution in [0.1, 0.15) is 12.0 Å². The van der Waals surface area contributed by atoms with Crippen LogP contribution in [0, 0.1) is 5.92 Å². The third-order valence-electron chi connectivity index (χ3n) is 3.41. The summed E-state index contributed by atoms with van der Waals surface area (Å²) in [5, 5.41) is 2.88. The molecule has 118 valence electrons. The minimum absolute atomic E-state index is 0.0678. The molecule has 4 heteroatoms. The Morgan fingerprint density at radius 1 is 1.32 bits per heavy atom. The van der Waals surface area contributed by atoms with E-state index in [1.54, 1.807) is 6.08 Å². The Bertz CT molecular complexity index is 490. The van der Waals surface area contributed by atoms with Crippen LogP contribution < -0.4 is 5.32 Å². The number of rotatable bonds is 8. The maximum Gasteiger partial charge on any atom is 0.243 e. The fourth-order valence-electron chi connectivity index (χ4n) is 2.14. The summed E-state index contributed by atoms with van der Waals surface area (Å²) in [4.78, 5) is 11.6. The first-order chi connectivity index (χ1) is 10.8. The number of hydrogen-bond donors (Lipinski definition) is 1. The average Bonchev–Trinajstić information content (AvgIpc) is 3.06. The standard InChI is InChI=1S/C18H23NO3/c20-18(19-13-17-10-12-22-15-17)9-5-2-6-11-21-14-16-7-3-1-4-8-16/h1-9,17H,10-15H2,(H,19,20)/b6-2+,9-5+. The molecule has 0 aliphatic carbocycles. The molecule has 1 atom stereocenters. The molecular weight excluding hydrogens is 278 g/mol. The molecule has 1 unspecified atom stereocenters. The van der Waals surface area contributed by atoms with Gasteiger partial charge in [0.2, 0.25) is 5.91 Å². The summed E-state index contributed by atoms with van der Waals surface area (Å²) in [6.07, 6.45) is 8.00. The molecule has 1 saturated heterocycles. The van der Waals surface area contributed by atoms with Crippen LogP contribution >= 0.6 is 0 Å². The lowest BCUT2D eigenvalue weighted by Gasteiger charge is -2.06. The number of benzene rings is 1. The number of nitrogens with one attached hydrogen (secondary N) is 1. The van der Waals surface area contributed by atoms with Crippen molar-refractivity contribution in [2.75, 3.05) is 26.4 Å². The molecular formula is C18H23NO3. The first kappa shape index (κ1) is 16.5. The highest BCUT2D eigenvalue weighted by Crippen LogP contribution is 2.10. The zero-order valence-corrected chi connectivity index (χ0v) is 12.7. The molecule has 0 aromatic heterocycles. The first-order valence-corrected chi connectivity index (χ1v) is 7.65. The predicted molar refractivity (Wildman–Crippen MR) is 86.3 cm³/mol. The van der Waals surface area contributed by atoms with E-state index >= 15 is 0 Å². The van der Waals surface area contributed by atoms with Gasteiger partial charge in [-0.05, 0) is 12.0 Å². The quantitative estimate of drug-likeness (QED) is 0.456. The van der Waals surface area contributed by atoms with E-state index in [1.165, 1.54) is 6.08 Å². The van der Waals surface area contributed by atoms with Gasteiger partial charge in [-0.25, -0.2) is 0 Å². The Morgan fingerprint density at radius 2 is 2.18 bits per heavy atom. The van der Waals surface area contributed by atoms with Gasteiger partial charge in [0.25, 0.3) is 0 Å². The monoisotopic (exact) mass is 301 g/mol. The van der Waals surface area contributed by atoms with E-state index in [0.29, 0.717) is 25.7 Å². The largest absolute Gasteiger partial charge is 0.381 e. The van der Waals surface area contributed by atoms with E-state index in [0.717, 1.165) is 25.2 Å². The normalized spacial score (nSPS) is 18.3. The van der Waals surface area contributed by atoms with Gasteiger partial charge >= 0.3 is 0 Å². The summed E-state index contributed by atoms with van der Waals surface area (Å²) in [7, 11) is 0. The van der Waals surface area contributed by atoms with E-state index in [-0.39, 0.29) is 5.91 Å². The van der Waals surface area contributed by atoms with E-state index in [4.69, 9.17) is 9.47 Å². The molecule has 1 aromatic carbocycles. The average molecular weight is 301 g/mol. The zero-order chi connectivity index (χ0) is 15.5. The van der Waals surface area contributed by atoms with Gasteiger partial charge in [-0.1, -0.05) is 48.6 Å². The van der Waals surface area contributed by atoms with Crippen molar-refractivity contribution < 1.29 is 14.3 Å². The molecule has 0 radical (unpaired) electrons. The van der Waals surface area contributed by atoms with Gasteiger partial charge in [-0.2, -0.15) is 0 Å². The van der Waals surface area contributed by atoms with Gasteiger partial charge in [0.15, 0.2) is 0 Å². The maximum absolute atomic E-state index is 11.6. The fourth-order valence-corrected chi connectivity index (χ4v) is 2.14.